The number of imide groups is 1. The molecule has 1 aliphatic heterocycles. The molecule has 1 aromatic rings. The minimum Gasteiger partial charge on any atom is -0.274 e. The van der Waals surface area contributed by atoms with Gasteiger partial charge in [0.1, 0.15) is 5.02 Å². The molecule has 2 aliphatic carbocycles. The predicted octanol–water partition coefficient (Wildman–Crippen LogP) is 2.56. The van der Waals surface area contributed by atoms with Crippen molar-refractivity contribution < 1.29 is 14.5 Å². The smallest absolute Gasteiger partial charge is 0.274 e. The van der Waals surface area contributed by atoms with Gasteiger partial charge < -0.3 is 0 Å². The fourth-order valence-corrected chi connectivity index (χ4v) is 4.12. The molecule has 1 saturated carbocycles. The van der Waals surface area contributed by atoms with Crippen molar-refractivity contribution in [1.29, 1.82) is 0 Å². The second-order valence-electron chi connectivity index (χ2n) is 5.90. The van der Waals surface area contributed by atoms with Gasteiger partial charge in [0, 0.05) is 6.07 Å². The van der Waals surface area contributed by atoms with Gasteiger partial charge in [-0.25, -0.2) is 4.90 Å². The van der Waals surface area contributed by atoms with Gasteiger partial charge in [-0.3, -0.25) is 19.7 Å². The molecule has 2 amide bonds. The molecular formula is C15H11ClN2O4. The van der Waals surface area contributed by atoms with Crippen molar-refractivity contribution in [2.45, 2.75) is 6.42 Å². The standard InChI is InChI=1S/C15H11ClN2O4/c16-10-4-3-9(6-11(10)18(21)22)17-14(19)12-7-1-2-8(5-7)13(12)15(17)20/h1-4,6-8,12-13H,5H2/t7-,8-,12-,13+/m1/s1. The quantitative estimate of drug-likeness (QED) is 0.363. The highest BCUT2D eigenvalue weighted by Gasteiger charge is 2.59. The zero-order valence-corrected chi connectivity index (χ0v) is 12.1. The van der Waals surface area contributed by atoms with Crippen molar-refractivity contribution in [2.24, 2.45) is 23.7 Å². The van der Waals surface area contributed by atoms with E-state index in [1.807, 2.05) is 12.2 Å². The molecule has 0 unspecified atom stereocenters. The van der Waals surface area contributed by atoms with Crippen molar-refractivity contribution in [3.8, 4) is 0 Å². The van der Waals surface area contributed by atoms with E-state index in [4.69, 9.17) is 11.6 Å². The molecule has 7 heteroatoms. The Morgan fingerprint density at radius 3 is 2.27 bits per heavy atom. The predicted molar refractivity (Wildman–Crippen MR) is 78.3 cm³/mol. The molecule has 22 heavy (non-hydrogen) atoms. The first-order chi connectivity index (χ1) is 10.5. The van der Waals surface area contributed by atoms with Gasteiger partial charge in [0.15, 0.2) is 0 Å². The lowest BCUT2D eigenvalue weighted by atomic mass is 9.85. The van der Waals surface area contributed by atoms with E-state index in [1.54, 1.807) is 0 Å². The van der Waals surface area contributed by atoms with Crippen LogP contribution in [0.1, 0.15) is 6.42 Å². The number of carbonyl (C=O) groups is 2. The number of allylic oxidation sites excluding steroid dienone is 2. The molecule has 4 atom stereocenters. The summed E-state index contributed by atoms with van der Waals surface area (Å²) >= 11 is 5.78. The van der Waals surface area contributed by atoms with Crippen LogP contribution in [-0.4, -0.2) is 16.7 Å². The maximum absolute atomic E-state index is 12.6. The fourth-order valence-electron chi connectivity index (χ4n) is 3.94. The first kappa shape index (κ1) is 13.5. The molecule has 1 aromatic carbocycles. The minimum atomic E-state index is -0.622. The summed E-state index contributed by atoms with van der Waals surface area (Å²) in [5.41, 5.74) is -0.0853. The molecule has 1 heterocycles. The highest BCUT2D eigenvalue weighted by Crippen LogP contribution is 2.53. The maximum atomic E-state index is 12.6. The number of fused-ring (bicyclic) bond motifs is 5. The Labute approximate surface area is 130 Å². The molecule has 112 valence electrons. The zero-order valence-electron chi connectivity index (χ0n) is 11.3. The van der Waals surface area contributed by atoms with E-state index in [0.717, 1.165) is 11.3 Å². The van der Waals surface area contributed by atoms with E-state index >= 15 is 0 Å². The van der Waals surface area contributed by atoms with Gasteiger partial charge in [0.05, 0.1) is 22.4 Å². The molecule has 0 N–H and O–H groups in total. The van der Waals surface area contributed by atoms with E-state index in [2.05, 4.69) is 0 Å². The van der Waals surface area contributed by atoms with Crippen LogP contribution in [0.3, 0.4) is 0 Å². The van der Waals surface area contributed by atoms with Crippen LogP contribution in [-0.2, 0) is 9.59 Å². The first-order valence-corrected chi connectivity index (χ1v) is 7.37. The van der Waals surface area contributed by atoms with E-state index < -0.39 is 4.92 Å². The largest absolute Gasteiger partial charge is 0.289 e. The molecule has 0 spiro atoms. The lowest BCUT2D eigenvalue weighted by Gasteiger charge is -2.17. The van der Waals surface area contributed by atoms with Crippen molar-refractivity contribution in [3.63, 3.8) is 0 Å². The summed E-state index contributed by atoms with van der Waals surface area (Å²) in [4.78, 5) is 36.7. The highest BCUT2D eigenvalue weighted by molar-refractivity contribution is 6.33. The van der Waals surface area contributed by atoms with Gasteiger partial charge in [0.2, 0.25) is 11.8 Å². The average Bonchev–Trinajstić information content (AvgIpc) is 3.14. The Morgan fingerprint density at radius 1 is 1.14 bits per heavy atom. The number of anilines is 1. The number of hydrogen-bond donors (Lipinski definition) is 0. The number of nitrogens with zero attached hydrogens (tertiary/aromatic N) is 2. The van der Waals surface area contributed by atoms with Crippen LogP contribution in [0.15, 0.2) is 30.4 Å². The molecule has 6 nitrogen and oxygen atoms in total. The van der Waals surface area contributed by atoms with Crippen LogP contribution < -0.4 is 4.90 Å². The van der Waals surface area contributed by atoms with E-state index in [0.29, 0.717) is 0 Å². The second kappa shape index (κ2) is 4.39. The van der Waals surface area contributed by atoms with Crippen LogP contribution in [0.4, 0.5) is 11.4 Å². The van der Waals surface area contributed by atoms with Gasteiger partial charge in [-0.2, -0.15) is 0 Å². The van der Waals surface area contributed by atoms with E-state index in [9.17, 15) is 19.7 Å². The molecule has 1 saturated heterocycles. The van der Waals surface area contributed by atoms with E-state index in [1.165, 1.54) is 18.2 Å². The number of halogens is 1. The molecule has 0 radical (unpaired) electrons. The molecule has 3 aliphatic rings. The summed E-state index contributed by atoms with van der Waals surface area (Å²) in [5.74, 6) is -0.945. The normalized spacial score (nSPS) is 32.0. The minimum absolute atomic E-state index is 0.0187. The van der Waals surface area contributed by atoms with Crippen molar-refractivity contribution in [1.82, 2.24) is 0 Å². The third-order valence-corrected chi connectivity index (χ3v) is 5.17. The van der Waals surface area contributed by atoms with Gasteiger partial charge in [-0.05, 0) is 30.4 Å². The van der Waals surface area contributed by atoms with Crippen LogP contribution in [0.5, 0.6) is 0 Å². The maximum Gasteiger partial charge on any atom is 0.289 e. The Kier molecular flexibility index (Phi) is 2.69. The van der Waals surface area contributed by atoms with Crippen LogP contribution in [0, 0.1) is 33.8 Å². The molecule has 4 rings (SSSR count). The summed E-state index contributed by atoms with van der Waals surface area (Å²) in [6.45, 7) is 0. The Bertz CT molecular complexity index is 730. The topological polar surface area (TPSA) is 80.5 Å². The first-order valence-electron chi connectivity index (χ1n) is 6.99. The molecular weight excluding hydrogens is 308 g/mol. The van der Waals surface area contributed by atoms with E-state index in [-0.39, 0.29) is 51.9 Å². The fraction of sp³-hybridized carbons (Fsp3) is 0.333. The third kappa shape index (κ3) is 1.61. The lowest BCUT2D eigenvalue weighted by Crippen LogP contribution is -2.32. The number of benzene rings is 1. The van der Waals surface area contributed by atoms with Crippen molar-refractivity contribution in [3.05, 3.63) is 45.5 Å². The number of nitro groups is 1. The number of carbonyl (C=O) groups excluding carboxylic acids is 2. The van der Waals surface area contributed by atoms with Gasteiger partial charge in [-0.1, -0.05) is 23.8 Å². The molecule has 2 fully saturated rings. The third-order valence-electron chi connectivity index (χ3n) is 4.85. The van der Waals surface area contributed by atoms with Crippen molar-refractivity contribution >= 4 is 34.8 Å². The second-order valence-corrected chi connectivity index (χ2v) is 6.31. The Hall–Kier alpha value is -2.21. The van der Waals surface area contributed by atoms with Crippen LogP contribution in [0.2, 0.25) is 5.02 Å². The summed E-state index contributed by atoms with van der Waals surface area (Å²) in [6.07, 6.45) is 4.86. The van der Waals surface area contributed by atoms with Gasteiger partial charge in [0.25, 0.3) is 5.69 Å². The molecule has 2 bridgehead atoms. The number of hydrogen-bond acceptors (Lipinski definition) is 4. The zero-order chi connectivity index (χ0) is 15.6. The Morgan fingerprint density at radius 2 is 1.73 bits per heavy atom. The lowest BCUT2D eigenvalue weighted by molar-refractivity contribution is -0.384. The highest BCUT2D eigenvalue weighted by atomic mass is 35.5. The van der Waals surface area contributed by atoms with Crippen LogP contribution >= 0.6 is 11.6 Å². The monoisotopic (exact) mass is 318 g/mol. The van der Waals surface area contributed by atoms with Gasteiger partial charge in [-0.15, -0.1) is 0 Å². The average molecular weight is 319 g/mol. The Balaban J connectivity index is 1.76. The van der Waals surface area contributed by atoms with Gasteiger partial charge >= 0.3 is 0 Å². The number of amides is 2. The number of nitro benzene ring substituents is 1. The van der Waals surface area contributed by atoms with Crippen molar-refractivity contribution in [2.75, 3.05) is 4.90 Å². The summed E-state index contributed by atoms with van der Waals surface area (Å²) < 4.78 is 0. The summed E-state index contributed by atoms with van der Waals surface area (Å²) in [6, 6.07) is 4.01. The van der Waals surface area contributed by atoms with Crippen LogP contribution in [0.25, 0.3) is 0 Å². The summed E-state index contributed by atoms with van der Waals surface area (Å²) in [7, 11) is 0. The molecule has 0 aromatic heterocycles. The number of rotatable bonds is 2. The summed E-state index contributed by atoms with van der Waals surface area (Å²) in [5, 5.41) is 11.0. The SMILES string of the molecule is O=C1[C@@H]2[C@H](C(=O)N1c1ccc(Cl)c([N+](=O)[O-])c1)[C@@H]1C=C[C@@H]2C1.